The van der Waals surface area contributed by atoms with Gasteiger partial charge in [-0.1, -0.05) is 12.1 Å². The average molecular weight is 269 g/mol. The third-order valence-corrected chi connectivity index (χ3v) is 2.42. The van der Waals surface area contributed by atoms with E-state index in [2.05, 4.69) is 0 Å². The summed E-state index contributed by atoms with van der Waals surface area (Å²) < 4.78 is 5.41. The summed E-state index contributed by atoms with van der Waals surface area (Å²) in [5, 5.41) is 18.3. The first-order valence-electron chi connectivity index (χ1n) is 6.13. The molecule has 0 atom stereocenters. The van der Waals surface area contributed by atoms with Crippen molar-refractivity contribution in [2.75, 3.05) is 26.4 Å². The highest BCUT2D eigenvalue weighted by atomic mass is 16.7. The van der Waals surface area contributed by atoms with E-state index in [0.29, 0.717) is 12.2 Å². The Bertz CT molecular complexity index is 379. The fourth-order valence-corrected chi connectivity index (χ4v) is 1.47. The maximum absolute atomic E-state index is 10.6. The summed E-state index contributed by atoms with van der Waals surface area (Å²) in [6, 6.07) is 7.36. The largest absolute Gasteiger partial charge is 0.491 e. The molecule has 6 nitrogen and oxygen atoms in total. The highest BCUT2D eigenvalue weighted by Gasteiger charge is 2.08. The predicted molar refractivity (Wildman–Crippen MR) is 69.1 cm³/mol. The Morgan fingerprint density at radius 1 is 1.26 bits per heavy atom. The molecule has 0 saturated carbocycles. The Kier molecular flexibility index (Phi) is 6.70. The molecule has 1 amide bonds. The van der Waals surface area contributed by atoms with Crippen LogP contribution in [0.3, 0.4) is 0 Å². The molecule has 0 unspecified atom stereocenters. The number of hydrogen-bond donors (Lipinski definition) is 2. The zero-order chi connectivity index (χ0) is 14.1. The van der Waals surface area contributed by atoms with Gasteiger partial charge in [-0.15, -0.1) is 0 Å². The summed E-state index contributed by atoms with van der Waals surface area (Å²) in [7, 11) is 0. The topological polar surface area (TPSA) is 79.2 Å². The first-order chi connectivity index (χ1) is 9.17. The van der Waals surface area contributed by atoms with Crippen LogP contribution in [-0.4, -0.2) is 47.7 Å². The molecule has 6 heteroatoms. The Morgan fingerprint density at radius 2 is 1.95 bits per heavy atom. The first-order valence-corrected chi connectivity index (χ1v) is 6.13. The monoisotopic (exact) mass is 269 g/mol. The Morgan fingerprint density at radius 3 is 2.47 bits per heavy atom. The first kappa shape index (κ1) is 15.3. The normalized spacial score (nSPS) is 10.2. The van der Waals surface area contributed by atoms with Gasteiger partial charge < -0.3 is 14.9 Å². The van der Waals surface area contributed by atoms with E-state index in [0.717, 1.165) is 10.6 Å². The fraction of sp³-hybridized carbons (Fsp3) is 0.462. The summed E-state index contributed by atoms with van der Waals surface area (Å²) in [5.74, 6) is 0.684. The van der Waals surface area contributed by atoms with E-state index in [1.54, 1.807) is 19.1 Å². The molecule has 0 heterocycles. The average Bonchev–Trinajstić information content (AvgIpc) is 2.40. The Balaban J connectivity index is 2.27. The van der Waals surface area contributed by atoms with Crippen LogP contribution < -0.4 is 4.74 Å². The highest BCUT2D eigenvalue weighted by Crippen LogP contribution is 2.12. The van der Waals surface area contributed by atoms with Gasteiger partial charge in [0.2, 0.25) is 0 Å². The summed E-state index contributed by atoms with van der Waals surface area (Å²) in [5.41, 5.74) is 1.04. The molecule has 1 aromatic rings. The summed E-state index contributed by atoms with van der Waals surface area (Å²) in [6.07, 6.45) is -0.496. The van der Waals surface area contributed by atoms with Crippen molar-refractivity contribution in [3.8, 4) is 5.75 Å². The Hall–Kier alpha value is -1.79. The quantitative estimate of drug-likeness (QED) is 0.552. The van der Waals surface area contributed by atoms with Crippen molar-refractivity contribution in [1.82, 2.24) is 5.06 Å². The SMILES string of the molecule is CCN(OCCOc1ccc(CCO)cc1)C(=O)O. The molecule has 19 heavy (non-hydrogen) atoms. The number of aliphatic hydroxyl groups excluding tert-OH is 1. The van der Waals surface area contributed by atoms with Crippen molar-refractivity contribution in [1.29, 1.82) is 0 Å². The van der Waals surface area contributed by atoms with Crippen LogP contribution >= 0.6 is 0 Å². The summed E-state index contributed by atoms with van der Waals surface area (Å²) in [6.45, 7) is 2.51. The number of amides is 1. The lowest BCUT2D eigenvalue weighted by Crippen LogP contribution is -2.31. The zero-order valence-electron chi connectivity index (χ0n) is 10.9. The van der Waals surface area contributed by atoms with Crippen molar-refractivity contribution in [3.63, 3.8) is 0 Å². The molecule has 0 aliphatic heterocycles. The molecular weight excluding hydrogens is 250 g/mol. The minimum Gasteiger partial charge on any atom is -0.491 e. The number of aliphatic hydroxyl groups is 1. The number of rotatable bonds is 8. The molecule has 0 fully saturated rings. The summed E-state index contributed by atoms with van der Waals surface area (Å²) in [4.78, 5) is 15.6. The van der Waals surface area contributed by atoms with Gasteiger partial charge in [0.15, 0.2) is 0 Å². The second-order valence-corrected chi connectivity index (χ2v) is 3.78. The van der Waals surface area contributed by atoms with Crippen molar-refractivity contribution >= 4 is 6.09 Å². The zero-order valence-corrected chi connectivity index (χ0v) is 10.9. The van der Waals surface area contributed by atoms with Crippen LogP contribution in [-0.2, 0) is 11.3 Å². The van der Waals surface area contributed by atoms with E-state index in [4.69, 9.17) is 19.8 Å². The molecular formula is C13H19NO5. The van der Waals surface area contributed by atoms with E-state index >= 15 is 0 Å². The third kappa shape index (κ3) is 5.58. The second-order valence-electron chi connectivity index (χ2n) is 3.78. The van der Waals surface area contributed by atoms with E-state index in [-0.39, 0.29) is 26.4 Å². The fourth-order valence-electron chi connectivity index (χ4n) is 1.47. The molecule has 0 bridgehead atoms. The minimum absolute atomic E-state index is 0.121. The molecule has 0 aliphatic carbocycles. The van der Waals surface area contributed by atoms with E-state index < -0.39 is 6.09 Å². The second kappa shape index (κ2) is 8.34. The predicted octanol–water partition coefficient (Wildman–Crippen LogP) is 1.53. The molecule has 0 spiro atoms. The van der Waals surface area contributed by atoms with Crippen molar-refractivity contribution in [2.45, 2.75) is 13.3 Å². The number of ether oxygens (including phenoxy) is 1. The Labute approximate surface area is 112 Å². The van der Waals surface area contributed by atoms with Gasteiger partial charge in [0.25, 0.3) is 0 Å². The van der Waals surface area contributed by atoms with Crippen LogP contribution in [0.1, 0.15) is 12.5 Å². The van der Waals surface area contributed by atoms with Gasteiger partial charge in [0, 0.05) is 13.2 Å². The smallest absolute Gasteiger partial charge is 0.431 e. The number of carbonyl (C=O) groups is 1. The lowest BCUT2D eigenvalue weighted by atomic mass is 10.1. The molecule has 1 rings (SSSR count). The molecule has 0 radical (unpaired) electrons. The van der Waals surface area contributed by atoms with E-state index in [1.165, 1.54) is 0 Å². The van der Waals surface area contributed by atoms with Gasteiger partial charge in [-0.25, -0.2) is 4.79 Å². The summed E-state index contributed by atoms with van der Waals surface area (Å²) >= 11 is 0. The highest BCUT2D eigenvalue weighted by molar-refractivity contribution is 5.63. The van der Waals surface area contributed by atoms with Gasteiger partial charge in [-0.05, 0) is 31.0 Å². The third-order valence-electron chi connectivity index (χ3n) is 2.42. The lowest BCUT2D eigenvalue weighted by molar-refractivity contribution is -0.133. The maximum atomic E-state index is 10.6. The molecule has 1 aromatic carbocycles. The van der Waals surface area contributed by atoms with Gasteiger partial charge >= 0.3 is 6.09 Å². The van der Waals surface area contributed by atoms with E-state index in [1.807, 2.05) is 12.1 Å². The van der Waals surface area contributed by atoms with Crippen LogP contribution in [0, 0.1) is 0 Å². The van der Waals surface area contributed by atoms with Crippen molar-refractivity contribution in [2.24, 2.45) is 0 Å². The van der Waals surface area contributed by atoms with Gasteiger partial charge in [0.1, 0.15) is 19.0 Å². The van der Waals surface area contributed by atoms with Crippen molar-refractivity contribution < 1.29 is 24.6 Å². The standard InChI is InChI=1S/C13H19NO5/c1-2-14(13(16)17)19-10-9-18-12-5-3-11(4-6-12)7-8-15/h3-6,15H,2,7-10H2,1H3,(H,16,17). The van der Waals surface area contributed by atoms with Crippen LogP contribution in [0.5, 0.6) is 5.75 Å². The number of benzene rings is 1. The number of hydroxylamine groups is 2. The molecule has 2 N–H and O–H groups in total. The molecule has 106 valence electrons. The van der Waals surface area contributed by atoms with Crippen LogP contribution in [0.25, 0.3) is 0 Å². The van der Waals surface area contributed by atoms with Gasteiger partial charge in [-0.2, -0.15) is 5.06 Å². The molecule has 0 saturated heterocycles. The van der Waals surface area contributed by atoms with Crippen LogP contribution in [0.2, 0.25) is 0 Å². The van der Waals surface area contributed by atoms with Crippen LogP contribution in [0.4, 0.5) is 4.79 Å². The molecule has 0 aromatic heterocycles. The number of carboxylic acid groups (broad SMARTS) is 1. The van der Waals surface area contributed by atoms with Gasteiger partial charge in [0.05, 0.1) is 0 Å². The maximum Gasteiger partial charge on any atom is 0.431 e. The minimum atomic E-state index is -1.11. The number of hydrogen-bond acceptors (Lipinski definition) is 4. The molecule has 0 aliphatic rings. The van der Waals surface area contributed by atoms with Crippen LogP contribution in [0.15, 0.2) is 24.3 Å². The van der Waals surface area contributed by atoms with Gasteiger partial charge in [-0.3, -0.25) is 4.84 Å². The van der Waals surface area contributed by atoms with E-state index in [9.17, 15) is 4.79 Å². The number of nitrogens with zero attached hydrogens (tertiary/aromatic N) is 1. The lowest BCUT2D eigenvalue weighted by Gasteiger charge is -2.16. The van der Waals surface area contributed by atoms with Crippen molar-refractivity contribution in [3.05, 3.63) is 29.8 Å².